The normalized spacial score (nSPS) is 11.0. The van der Waals surface area contributed by atoms with Crippen LogP contribution in [0.3, 0.4) is 0 Å². The Morgan fingerprint density at radius 2 is 1.32 bits per heavy atom. The van der Waals surface area contributed by atoms with Gasteiger partial charge in [0.2, 0.25) is 0 Å². The van der Waals surface area contributed by atoms with Crippen LogP contribution < -0.4 is 10.6 Å². The van der Waals surface area contributed by atoms with Gasteiger partial charge in [-0.3, -0.25) is 0 Å². The zero-order valence-corrected chi connectivity index (χ0v) is 17.0. The van der Waals surface area contributed by atoms with Crippen LogP contribution in [0.15, 0.2) is 0 Å². The van der Waals surface area contributed by atoms with Crippen molar-refractivity contribution in [3.63, 3.8) is 0 Å². The monoisotopic (exact) mass is 378 g/mol. The van der Waals surface area contributed by atoms with Gasteiger partial charge in [0.15, 0.2) is 0 Å². The molecule has 0 unspecified atom stereocenters. The number of hydrogen-bond donors (Lipinski definition) is 2. The first-order valence-electron chi connectivity index (χ1n) is 9.06. The molecule has 0 atom stereocenters. The highest BCUT2D eigenvalue weighted by molar-refractivity contribution is 6.66. The predicted molar refractivity (Wildman–Crippen MR) is 97.9 cm³/mol. The third-order valence-corrected chi connectivity index (χ3v) is 6.39. The SMILES string of the molecule is CCCCNC(=O)OCCOC(=O)NCCC[Si](C)(OCC)OCC. The van der Waals surface area contributed by atoms with Gasteiger partial charge in [0.1, 0.15) is 13.2 Å². The van der Waals surface area contributed by atoms with Crippen LogP contribution in [0, 0.1) is 0 Å². The van der Waals surface area contributed by atoms with Crippen LogP contribution in [0.2, 0.25) is 12.6 Å². The molecule has 0 aromatic carbocycles. The van der Waals surface area contributed by atoms with Crippen LogP contribution in [-0.4, -0.2) is 60.3 Å². The lowest BCUT2D eigenvalue weighted by Crippen LogP contribution is -2.39. The Bertz CT molecular complexity index is 365. The van der Waals surface area contributed by atoms with E-state index in [-0.39, 0.29) is 13.2 Å². The number of ether oxygens (including phenoxy) is 2. The van der Waals surface area contributed by atoms with E-state index in [9.17, 15) is 9.59 Å². The van der Waals surface area contributed by atoms with Gasteiger partial charge in [-0.05, 0) is 39.3 Å². The minimum Gasteiger partial charge on any atom is -0.446 e. The summed E-state index contributed by atoms with van der Waals surface area (Å²) >= 11 is 0. The molecule has 0 aromatic rings. The quantitative estimate of drug-likeness (QED) is 0.356. The lowest BCUT2D eigenvalue weighted by atomic mass is 10.3. The molecule has 0 fully saturated rings. The number of carbonyl (C=O) groups is 2. The summed E-state index contributed by atoms with van der Waals surface area (Å²) in [6, 6.07) is 0.802. The molecule has 0 spiro atoms. The minimum absolute atomic E-state index is 0.0252. The smallest absolute Gasteiger partial charge is 0.407 e. The molecule has 0 heterocycles. The first-order chi connectivity index (χ1) is 12.0. The Labute approximate surface area is 152 Å². The molecule has 0 aliphatic carbocycles. The van der Waals surface area contributed by atoms with E-state index in [0.29, 0.717) is 26.3 Å². The van der Waals surface area contributed by atoms with Crippen molar-refractivity contribution >= 4 is 20.7 Å². The maximum atomic E-state index is 11.5. The molecule has 0 aromatic heterocycles. The Morgan fingerprint density at radius 1 is 0.840 bits per heavy atom. The van der Waals surface area contributed by atoms with Gasteiger partial charge >= 0.3 is 20.7 Å². The molecule has 2 amide bonds. The average Bonchev–Trinajstić information content (AvgIpc) is 2.56. The van der Waals surface area contributed by atoms with Crippen LogP contribution in [0.5, 0.6) is 0 Å². The molecule has 0 bridgehead atoms. The summed E-state index contributed by atoms with van der Waals surface area (Å²) in [4.78, 5) is 22.8. The van der Waals surface area contributed by atoms with Gasteiger partial charge < -0.3 is 29.0 Å². The first-order valence-corrected chi connectivity index (χ1v) is 11.6. The van der Waals surface area contributed by atoms with Crippen LogP contribution in [-0.2, 0) is 18.3 Å². The predicted octanol–water partition coefficient (Wildman–Crippen LogP) is 2.77. The lowest BCUT2D eigenvalue weighted by molar-refractivity contribution is 0.0957. The number of rotatable bonds is 14. The molecule has 2 N–H and O–H groups in total. The van der Waals surface area contributed by atoms with E-state index < -0.39 is 20.7 Å². The Morgan fingerprint density at radius 3 is 1.76 bits per heavy atom. The number of hydrogen-bond acceptors (Lipinski definition) is 6. The van der Waals surface area contributed by atoms with Crippen molar-refractivity contribution in [2.45, 2.75) is 52.6 Å². The summed E-state index contributed by atoms with van der Waals surface area (Å²) in [6.07, 6.45) is 1.65. The van der Waals surface area contributed by atoms with E-state index in [4.69, 9.17) is 18.3 Å². The molecule has 9 heteroatoms. The van der Waals surface area contributed by atoms with Crippen molar-refractivity contribution in [1.29, 1.82) is 0 Å². The van der Waals surface area contributed by atoms with E-state index in [0.717, 1.165) is 25.3 Å². The van der Waals surface area contributed by atoms with Crippen molar-refractivity contribution in [3.8, 4) is 0 Å². The third kappa shape index (κ3) is 13.6. The summed E-state index contributed by atoms with van der Waals surface area (Å²) in [5, 5.41) is 5.27. The summed E-state index contributed by atoms with van der Waals surface area (Å²) in [7, 11) is -2.14. The topological polar surface area (TPSA) is 95.1 Å². The number of alkyl carbamates (subject to hydrolysis) is 2. The van der Waals surface area contributed by atoms with E-state index >= 15 is 0 Å². The van der Waals surface area contributed by atoms with Gasteiger partial charge in [-0.1, -0.05) is 13.3 Å². The van der Waals surface area contributed by atoms with Crippen molar-refractivity contribution in [2.75, 3.05) is 39.5 Å². The van der Waals surface area contributed by atoms with Gasteiger partial charge in [0.25, 0.3) is 0 Å². The zero-order valence-electron chi connectivity index (χ0n) is 16.0. The molecule has 0 rings (SSSR count). The largest absolute Gasteiger partial charge is 0.446 e. The fourth-order valence-electron chi connectivity index (χ4n) is 2.13. The second-order valence-corrected chi connectivity index (χ2v) is 8.93. The standard InChI is InChI=1S/C16H34N2O6Si/c1-5-8-10-17-15(19)21-12-13-22-16(20)18-11-9-14-25(4,23-6-2)24-7-3/h5-14H2,1-4H3,(H,17,19)(H,18,20). The number of nitrogens with one attached hydrogen (secondary N) is 2. The van der Waals surface area contributed by atoms with E-state index in [1.807, 2.05) is 27.3 Å². The van der Waals surface area contributed by atoms with Gasteiger partial charge in [-0.15, -0.1) is 0 Å². The molecule has 8 nitrogen and oxygen atoms in total. The molecule has 25 heavy (non-hydrogen) atoms. The van der Waals surface area contributed by atoms with Crippen LogP contribution in [0.25, 0.3) is 0 Å². The van der Waals surface area contributed by atoms with Crippen molar-refractivity contribution in [1.82, 2.24) is 10.6 Å². The highest BCUT2D eigenvalue weighted by Gasteiger charge is 2.29. The summed E-state index contributed by atoms with van der Waals surface area (Å²) in [5.74, 6) is 0. The Balaban J connectivity index is 3.68. The molecule has 148 valence electrons. The fraction of sp³-hybridized carbons (Fsp3) is 0.875. The number of unbranched alkanes of at least 4 members (excludes halogenated alkanes) is 1. The van der Waals surface area contributed by atoms with Crippen molar-refractivity contribution < 1.29 is 27.9 Å². The Hall–Kier alpha value is -1.32. The molecule has 0 radical (unpaired) electrons. The van der Waals surface area contributed by atoms with Gasteiger partial charge in [-0.25, -0.2) is 9.59 Å². The molecule has 0 saturated carbocycles. The first kappa shape index (κ1) is 23.7. The second kappa shape index (κ2) is 15.0. The molecule has 0 aliphatic heterocycles. The number of amides is 2. The zero-order chi connectivity index (χ0) is 19.0. The maximum Gasteiger partial charge on any atom is 0.407 e. The fourth-order valence-corrected chi connectivity index (χ4v) is 4.55. The lowest BCUT2D eigenvalue weighted by Gasteiger charge is -2.25. The van der Waals surface area contributed by atoms with E-state index in [2.05, 4.69) is 10.6 Å². The van der Waals surface area contributed by atoms with Gasteiger partial charge in [0.05, 0.1) is 0 Å². The molecular weight excluding hydrogens is 344 g/mol. The minimum atomic E-state index is -2.14. The maximum absolute atomic E-state index is 11.5. The van der Waals surface area contributed by atoms with Gasteiger partial charge in [-0.2, -0.15) is 0 Å². The van der Waals surface area contributed by atoms with Crippen LogP contribution >= 0.6 is 0 Å². The number of carbonyl (C=O) groups excluding carboxylic acids is 2. The average molecular weight is 379 g/mol. The summed E-state index contributed by atoms with van der Waals surface area (Å²) in [6.45, 7) is 10.4. The van der Waals surface area contributed by atoms with Crippen molar-refractivity contribution in [3.05, 3.63) is 0 Å². The highest BCUT2D eigenvalue weighted by atomic mass is 28.4. The van der Waals surface area contributed by atoms with Crippen LogP contribution in [0.1, 0.15) is 40.0 Å². The van der Waals surface area contributed by atoms with E-state index in [1.54, 1.807) is 0 Å². The highest BCUT2D eigenvalue weighted by Crippen LogP contribution is 2.15. The van der Waals surface area contributed by atoms with E-state index in [1.165, 1.54) is 0 Å². The molecule has 0 saturated heterocycles. The summed E-state index contributed by atoms with van der Waals surface area (Å²) < 4.78 is 21.3. The third-order valence-electron chi connectivity index (χ3n) is 3.33. The van der Waals surface area contributed by atoms with Crippen LogP contribution in [0.4, 0.5) is 9.59 Å². The molecule has 0 aliphatic rings. The summed E-state index contributed by atoms with van der Waals surface area (Å²) in [5.41, 5.74) is 0. The molecular formula is C16H34N2O6Si. The van der Waals surface area contributed by atoms with Gasteiger partial charge in [0, 0.05) is 26.3 Å². The van der Waals surface area contributed by atoms with Crippen molar-refractivity contribution in [2.24, 2.45) is 0 Å². The second-order valence-electron chi connectivity index (χ2n) is 5.58. The Kier molecular flexibility index (Phi) is 14.2.